The molecule has 3 nitrogen and oxygen atoms in total. The predicted octanol–water partition coefficient (Wildman–Crippen LogP) is 3.55. The SMILES string of the molecule is CC(=O)[C@H](CC(C)C)NC(=O)CCCC1=CCCC=C1. The van der Waals surface area contributed by atoms with Crippen LogP contribution in [0.15, 0.2) is 23.8 Å². The molecule has 1 atom stereocenters. The fraction of sp³-hybridized carbons (Fsp3) is 0.647. The first kappa shape index (κ1) is 16.7. The molecule has 3 heteroatoms. The summed E-state index contributed by atoms with van der Waals surface area (Å²) in [6.07, 6.45) is 11.8. The van der Waals surface area contributed by atoms with Gasteiger partial charge >= 0.3 is 0 Å². The topological polar surface area (TPSA) is 46.2 Å². The summed E-state index contributed by atoms with van der Waals surface area (Å²) in [7, 11) is 0. The highest BCUT2D eigenvalue weighted by molar-refractivity contribution is 5.87. The van der Waals surface area contributed by atoms with E-state index in [0.29, 0.717) is 12.3 Å². The number of allylic oxidation sites excluding steroid dienone is 4. The molecule has 0 aromatic carbocycles. The lowest BCUT2D eigenvalue weighted by Gasteiger charge is -2.18. The Labute approximate surface area is 122 Å². The molecule has 0 saturated carbocycles. The Morgan fingerprint density at radius 1 is 1.30 bits per heavy atom. The third-order valence-electron chi connectivity index (χ3n) is 3.47. The highest BCUT2D eigenvalue weighted by Crippen LogP contribution is 2.15. The van der Waals surface area contributed by atoms with E-state index in [-0.39, 0.29) is 17.7 Å². The van der Waals surface area contributed by atoms with Gasteiger partial charge in [-0.1, -0.05) is 37.6 Å². The molecule has 0 heterocycles. The highest BCUT2D eigenvalue weighted by atomic mass is 16.2. The number of carbonyl (C=O) groups excluding carboxylic acids is 2. The summed E-state index contributed by atoms with van der Waals surface area (Å²) < 4.78 is 0. The summed E-state index contributed by atoms with van der Waals surface area (Å²) in [4.78, 5) is 23.4. The molecule has 0 saturated heterocycles. The number of Topliss-reactive ketones (excluding diaryl/α,β-unsaturated/α-hetero) is 1. The lowest BCUT2D eigenvalue weighted by Crippen LogP contribution is -2.40. The van der Waals surface area contributed by atoms with E-state index in [1.807, 2.05) is 0 Å². The first-order chi connectivity index (χ1) is 9.49. The van der Waals surface area contributed by atoms with Crippen molar-refractivity contribution in [2.24, 2.45) is 5.92 Å². The van der Waals surface area contributed by atoms with Gasteiger partial charge < -0.3 is 5.32 Å². The average Bonchev–Trinajstić information content (AvgIpc) is 2.38. The number of ketones is 1. The number of hydrogen-bond donors (Lipinski definition) is 1. The van der Waals surface area contributed by atoms with Crippen molar-refractivity contribution in [3.8, 4) is 0 Å². The number of nitrogens with one attached hydrogen (secondary N) is 1. The van der Waals surface area contributed by atoms with Crippen molar-refractivity contribution in [2.75, 3.05) is 0 Å². The van der Waals surface area contributed by atoms with Crippen LogP contribution < -0.4 is 5.32 Å². The molecular weight excluding hydrogens is 250 g/mol. The Balaban J connectivity index is 2.29. The van der Waals surface area contributed by atoms with Crippen LogP contribution in [0.25, 0.3) is 0 Å². The van der Waals surface area contributed by atoms with E-state index < -0.39 is 0 Å². The quantitative estimate of drug-likeness (QED) is 0.737. The second-order valence-electron chi connectivity index (χ2n) is 5.97. The van der Waals surface area contributed by atoms with Gasteiger partial charge in [0.1, 0.15) is 0 Å². The molecule has 1 N–H and O–H groups in total. The Hall–Kier alpha value is -1.38. The van der Waals surface area contributed by atoms with Gasteiger partial charge in [-0.2, -0.15) is 0 Å². The molecule has 112 valence electrons. The molecule has 0 aliphatic heterocycles. The van der Waals surface area contributed by atoms with Gasteiger partial charge in [0.25, 0.3) is 0 Å². The minimum Gasteiger partial charge on any atom is -0.346 e. The van der Waals surface area contributed by atoms with Crippen molar-refractivity contribution in [1.82, 2.24) is 5.32 Å². The molecule has 0 unspecified atom stereocenters. The van der Waals surface area contributed by atoms with Gasteiger partial charge in [-0.25, -0.2) is 0 Å². The molecule has 0 bridgehead atoms. The molecule has 1 aliphatic rings. The summed E-state index contributed by atoms with van der Waals surface area (Å²) in [5.74, 6) is 0.443. The molecule has 0 spiro atoms. The predicted molar refractivity (Wildman–Crippen MR) is 82.4 cm³/mol. The van der Waals surface area contributed by atoms with E-state index in [4.69, 9.17) is 0 Å². The largest absolute Gasteiger partial charge is 0.346 e. The number of amides is 1. The van der Waals surface area contributed by atoms with Crippen LogP contribution >= 0.6 is 0 Å². The van der Waals surface area contributed by atoms with Crippen LogP contribution in [0.3, 0.4) is 0 Å². The van der Waals surface area contributed by atoms with E-state index in [2.05, 4.69) is 37.4 Å². The van der Waals surface area contributed by atoms with Crippen LogP contribution in [0.5, 0.6) is 0 Å². The molecule has 20 heavy (non-hydrogen) atoms. The molecular formula is C17H27NO2. The fourth-order valence-corrected chi connectivity index (χ4v) is 2.37. The highest BCUT2D eigenvalue weighted by Gasteiger charge is 2.17. The Kier molecular flexibility index (Phi) is 7.27. The van der Waals surface area contributed by atoms with Crippen LogP contribution in [-0.2, 0) is 9.59 Å². The lowest BCUT2D eigenvalue weighted by atomic mass is 10.00. The molecule has 1 aliphatic carbocycles. The lowest BCUT2D eigenvalue weighted by molar-refractivity contribution is -0.127. The maximum atomic E-state index is 11.9. The first-order valence-corrected chi connectivity index (χ1v) is 7.64. The van der Waals surface area contributed by atoms with Crippen LogP contribution in [0, 0.1) is 5.92 Å². The Morgan fingerprint density at radius 2 is 2.05 bits per heavy atom. The van der Waals surface area contributed by atoms with Crippen molar-refractivity contribution < 1.29 is 9.59 Å². The molecule has 0 aromatic heterocycles. The molecule has 0 aromatic rings. The maximum absolute atomic E-state index is 11.9. The van der Waals surface area contributed by atoms with Gasteiger partial charge in [-0.05, 0) is 44.9 Å². The summed E-state index contributed by atoms with van der Waals surface area (Å²) in [5, 5.41) is 2.86. The maximum Gasteiger partial charge on any atom is 0.220 e. The molecule has 1 rings (SSSR count). The van der Waals surface area contributed by atoms with Crippen LogP contribution in [-0.4, -0.2) is 17.7 Å². The van der Waals surface area contributed by atoms with Crippen molar-refractivity contribution in [3.63, 3.8) is 0 Å². The monoisotopic (exact) mass is 277 g/mol. The van der Waals surface area contributed by atoms with Crippen LogP contribution in [0.1, 0.15) is 59.3 Å². The number of rotatable bonds is 8. The number of hydrogen-bond acceptors (Lipinski definition) is 2. The second kappa shape index (κ2) is 8.72. The zero-order valence-corrected chi connectivity index (χ0v) is 12.9. The van der Waals surface area contributed by atoms with E-state index in [0.717, 1.165) is 32.1 Å². The Bertz CT molecular complexity index is 394. The fourth-order valence-electron chi connectivity index (χ4n) is 2.37. The van der Waals surface area contributed by atoms with Crippen molar-refractivity contribution >= 4 is 11.7 Å². The minimum absolute atomic E-state index is 0.00811. The molecule has 0 fully saturated rings. The summed E-state index contributed by atoms with van der Waals surface area (Å²) in [6, 6.07) is -0.323. The standard InChI is InChI=1S/C17H27NO2/c1-13(2)12-16(14(3)19)18-17(20)11-7-10-15-8-5-4-6-9-15/h5,8-9,13,16H,4,6-7,10-12H2,1-3H3,(H,18,20)/t16-/m0/s1. The minimum atomic E-state index is -0.323. The van der Waals surface area contributed by atoms with Gasteiger partial charge in [0.2, 0.25) is 5.91 Å². The summed E-state index contributed by atoms with van der Waals surface area (Å²) >= 11 is 0. The summed E-state index contributed by atoms with van der Waals surface area (Å²) in [5.41, 5.74) is 1.33. The smallest absolute Gasteiger partial charge is 0.220 e. The van der Waals surface area contributed by atoms with Crippen LogP contribution in [0.2, 0.25) is 0 Å². The first-order valence-electron chi connectivity index (χ1n) is 7.64. The molecule has 1 amide bonds. The van der Waals surface area contributed by atoms with Gasteiger partial charge in [-0.15, -0.1) is 0 Å². The van der Waals surface area contributed by atoms with E-state index in [1.165, 1.54) is 5.57 Å². The van der Waals surface area contributed by atoms with Gasteiger partial charge in [0.15, 0.2) is 5.78 Å². The zero-order chi connectivity index (χ0) is 15.0. The Morgan fingerprint density at radius 3 is 2.60 bits per heavy atom. The van der Waals surface area contributed by atoms with Crippen molar-refractivity contribution in [3.05, 3.63) is 23.8 Å². The van der Waals surface area contributed by atoms with E-state index >= 15 is 0 Å². The molecule has 0 radical (unpaired) electrons. The summed E-state index contributed by atoms with van der Waals surface area (Å²) in [6.45, 7) is 5.67. The number of carbonyl (C=O) groups is 2. The second-order valence-corrected chi connectivity index (χ2v) is 5.97. The van der Waals surface area contributed by atoms with E-state index in [1.54, 1.807) is 6.92 Å². The van der Waals surface area contributed by atoms with Crippen molar-refractivity contribution in [1.29, 1.82) is 0 Å². The van der Waals surface area contributed by atoms with E-state index in [9.17, 15) is 9.59 Å². The van der Waals surface area contributed by atoms with Gasteiger partial charge in [0.05, 0.1) is 6.04 Å². The zero-order valence-electron chi connectivity index (χ0n) is 12.9. The third-order valence-corrected chi connectivity index (χ3v) is 3.47. The average molecular weight is 277 g/mol. The normalized spacial score (nSPS) is 15.9. The van der Waals surface area contributed by atoms with Crippen molar-refractivity contribution in [2.45, 2.75) is 65.3 Å². The third kappa shape index (κ3) is 6.69. The van der Waals surface area contributed by atoms with Gasteiger partial charge in [0, 0.05) is 6.42 Å². The van der Waals surface area contributed by atoms with Gasteiger partial charge in [-0.3, -0.25) is 9.59 Å². The van der Waals surface area contributed by atoms with Crippen LogP contribution in [0.4, 0.5) is 0 Å².